The number of nitrogens with one attached hydrogen (secondary N) is 1. The SMILES string of the molecule is Cn1ncc2c1CN(C(=O)OC(C)(C)C)CC2ONC(=O)C1CCC2CN1C(=O)N2OCc1ccccc1. The Bertz CT molecular complexity index is 1190. The van der Waals surface area contributed by atoms with Crippen LogP contribution in [0.2, 0.25) is 0 Å². The Balaban J connectivity index is 1.21. The summed E-state index contributed by atoms with van der Waals surface area (Å²) in [5.74, 6) is -0.415. The molecule has 0 aliphatic carbocycles. The van der Waals surface area contributed by atoms with E-state index in [0.717, 1.165) is 16.8 Å². The summed E-state index contributed by atoms with van der Waals surface area (Å²) in [6.45, 7) is 6.61. The third-order valence-electron chi connectivity index (χ3n) is 6.96. The van der Waals surface area contributed by atoms with Crippen molar-refractivity contribution in [1.82, 2.24) is 30.1 Å². The number of ether oxygens (including phenoxy) is 1. The van der Waals surface area contributed by atoms with Crippen LogP contribution in [-0.2, 0) is 39.4 Å². The molecule has 0 radical (unpaired) electrons. The molecule has 4 heterocycles. The molecular formula is C26H34N6O6. The lowest BCUT2D eigenvalue weighted by atomic mass is 10.0. The second-order valence-electron chi connectivity index (χ2n) is 10.9. The summed E-state index contributed by atoms with van der Waals surface area (Å²) in [6.07, 6.45) is 1.69. The van der Waals surface area contributed by atoms with Crippen LogP contribution in [0.4, 0.5) is 9.59 Å². The first kappa shape index (κ1) is 26.0. The molecule has 2 aromatic rings. The number of hydrogen-bond donors (Lipinski definition) is 1. The number of nitrogens with zero attached hydrogens (tertiary/aromatic N) is 5. The van der Waals surface area contributed by atoms with E-state index in [9.17, 15) is 14.4 Å². The number of amides is 4. The predicted octanol–water partition coefficient (Wildman–Crippen LogP) is 2.66. The van der Waals surface area contributed by atoms with Gasteiger partial charge in [-0.2, -0.15) is 10.2 Å². The highest BCUT2D eigenvalue weighted by atomic mass is 16.7. The minimum absolute atomic E-state index is 0.102. The monoisotopic (exact) mass is 526 g/mol. The van der Waals surface area contributed by atoms with E-state index in [1.165, 1.54) is 14.9 Å². The second-order valence-corrected chi connectivity index (χ2v) is 10.9. The van der Waals surface area contributed by atoms with E-state index in [-0.39, 0.29) is 25.2 Å². The van der Waals surface area contributed by atoms with Gasteiger partial charge >= 0.3 is 12.1 Å². The van der Waals surface area contributed by atoms with Gasteiger partial charge < -0.3 is 9.64 Å². The van der Waals surface area contributed by atoms with Crippen LogP contribution in [0.3, 0.4) is 0 Å². The Kier molecular flexibility index (Phi) is 7.01. The van der Waals surface area contributed by atoms with E-state index in [0.29, 0.717) is 25.9 Å². The summed E-state index contributed by atoms with van der Waals surface area (Å²) >= 11 is 0. The number of aryl methyl sites for hydroxylation is 1. The zero-order valence-electron chi connectivity index (χ0n) is 22.1. The molecule has 0 saturated carbocycles. The summed E-state index contributed by atoms with van der Waals surface area (Å²) in [4.78, 5) is 53.7. The quantitative estimate of drug-likeness (QED) is 0.575. The fraction of sp³-hybridized carbons (Fsp3) is 0.538. The number of piperidine rings is 1. The molecule has 12 heteroatoms. The molecule has 204 valence electrons. The van der Waals surface area contributed by atoms with E-state index in [1.54, 1.807) is 38.7 Å². The van der Waals surface area contributed by atoms with Crippen molar-refractivity contribution in [3.63, 3.8) is 0 Å². The Hall–Kier alpha value is -3.64. The van der Waals surface area contributed by atoms with Gasteiger partial charge in [0.05, 0.1) is 31.0 Å². The van der Waals surface area contributed by atoms with Crippen molar-refractivity contribution < 1.29 is 28.8 Å². The van der Waals surface area contributed by atoms with E-state index in [4.69, 9.17) is 14.4 Å². The number of urea groups is 1. The topological polar surface area (TPSA) is 118 Å². The third-order valence-corrected chi connectivity index (χ3v) is 6.96. The number of carbonyl (C=O) groups is 3. The molecule has 2 bridgehead atoms. The lowest BCUT2D eigenvalue weighted by Crippen LogP contribution is -2.50. The van der Waals surface area contributed by atoms with E-state index < -0.39 is 29.7 Å². The van der Waals surface area contributed by atoms with Crippen LogP contribution in [0.5, 0.6) is 0 Å². The maximum atomic E-state index is 13.2. The molecular weight excluding hydrogens is 492 g/mol. The first-order valence-electron chi connectivity index (χ1n) is 12.8. The molecule has 1 aromatic carbocycles. The lowest BCUT2D eigenvalue weighted by molar-refractivity contribution is -0.146. The zero-order chi connectivity index (χ0) is 27.0. The molecule has 2 saturated heterocycles. The van der Waals surface area contributed by atoms with Crippen LogP contribution >= 0.6 is 0 Å². The van der Waals surface area contributed by atoms with Gasteiger partial charge in [0.2, 0.25) is 0 Å². The number of carbonyl (C=O) groups excluding carboxylic acids is 3. The zero-order valence-corrected chi connectivity index (χ0v) is 22.1. The largest absolute Gasteiger partial charge is 0.444 e. The standard InChI is InChI=1S/C26H34N6O6/c1-26(2,3)37-25(35)30-14-21-19(12-27-29(21)4)22(15-30)38-28-23(33)20-11-10-18-13-31(20)24(34)32(18)36-16-17-8-6-5-7-9-17/h5-9,12,18,20,22H,10-11,13-16H2,1-4H3,(H,28,33). The van der Waals surface area contributed by atoms with E-state index in [2.05, 4.69) is 10.6 Å². The molecule has 38 heavy (non-hydrogen) atoms. The average Bonchev–Trinajstić information content (AvgIpc) is 3.37. The Morgan fingerprint density at radius 2 is 1.89 bits per heavy atom. The van der Waals surface area contributed by atoms with Crippen molar-refractivity contribution in [1.29, 1.82) is 0 Å². The molecule has 3 aliphatic rings. The van der Waals surface area contributed by atoms with Gasteiger partial charge in [0.25, 0.3) is 5.91 Å². The number of fused-ring (bicyclic) bond motifs is 3. The highest BCUT2D eigenvalue weighted by molar-refractivity contribution is 5.88. The van der Waals surface area contributed by atoms with Crippen LogP contribution in [0.25, 0.3) is 0 Å². The average molecular weight is 527 g/mol. The van der Waals surface area contributed by atoms with Crippen molar-refractivity contribution in [3.05, 3.63) is 53.3 Å². The van der Waals surface area contributed by atoms with Gasteiger partial charge in [0.15, 0.2) is 0 Å². The van der Waals surface area contributed by atoms with Crippen LogP contribution in [0.1, 0.15) is 56.5 Å². The highest BCUT2D eigenvalue weighted by Crippen LogP contribution is 2.32. The summed E-state index contributed by atoms with van der Waals surface area (Å²) in [7, 11) is 1.79. The molecule has 1 N–H and O–H groups in total. The van der Waals surface area contributed by atoms with Crippen molar-refractivity contribution in [3.8, 4) is 0 Å². The normalized spacial score (nSPS) is 22.9. The third kappa shape index (κ3) is 5.32. The molecule has 3 aliphatic heterocycles. The van der Waals surface area contributed by atoms with Gasteiger partial charge in [0.1, 0.15) is 24.4 Å². The number of benzene rings is 1. The Labute approximate surface area is 221 Å². The van der Waals surface area contributed by atoms with E-state index in [1.807, 2.05) is 30.3 Å². The molecule has 1 aromatic heterocycles. The molecule has 3 unspecified atom stereocenters. The Morgan fingerprint density at radius 3 is 2.63 bits per heavy atom. The van der Waals surface area contributed by atoms with Crippen LogP contribution in [-0.4, -0.2) is 73.4 Å². The van der Waals surface area contributed by atoms with Crippen LogP contribution < -0.4 is 5.48 Å². The highest BCUT2D eigenvalue weighted by Gasteiger charge is 2.48. The molecule has 5 rings (SSSR count). The fourth-order valence-electron chi connectivity index (χ4n) is 5.04. The summed E-state index contributed by atoms with van der Waals surface area (Å²) in [5, 5.41) is 5.69. The molecule has 4 amide bonds. The number of hydrogen-bond acceptors (Lipinski definition) is 7. The lowest BCUT2D eigenvalue weighted by Gasteiger charge is -2.34. The van der Waals surface area contributed by atoms with Gasteiger partial charge in [-0.15, -0.1) is 0 Å². The number of hydroxylamine groups is 3. The number of aromatic nitrogens is 2. The van der Waals surface area contributed by atoms with Gasteiger partial charge in [-0.05, 0) is 39.2 Å². The number of rotatable bonds is 6. The van der Waals surface area contributed by atoms with Crippen molar-refractivity contribution in [2.75, 3.05) is 13.1 Å². The first-order chi connectivity index (χ1) is 18.1. The first-order valence-corrected chi connectivity index (χ1v) is 12.8. The maximum Gasteiger partial charge on any atom is 0.410 e. The molecule has 3 atom stereocenters. The van der Waals surface area contributed by atoms with Crippen LogP contribution in [0, 0.1) is 0 Å². The van der Waals surface area contributed by atoms with Gasteiger partial charge in [-0.1, -0.05) is 30.3 Å². The van der Waals surface area contributed by atoms with E-state index >= 15 is 0 Å². The maximum absolute atomic E-state index is 13.2. The summed E-state index contributed by atoms with van der Waals surface area (Å²) in [5.41, 5.74) is 4.44. The predicted molar refractivity (Wildman–Crippen MR) is 134 cm³/mol. The summed E-state index contributed by atoms with van der Waals surface area (Å²) in [6, 6.07) is 8.52. The van der Waals surface area contributed by atoms with Crippen molar-refractivity contribution in [2.45, 2.75) is 70.6 Å². The molecule has 2 fully saturated rings. The van der Waals surface area contributed by atoms with Crippen molar-refractivity contribution in [2.24, 2.45) is 7.05 Å². The van der Waals surface area contributed by atoms with Gasteiger partial charge in [0, 0.05) is 19.2 Å². The summed E-state index contributed by atoms with van der Waals surface area (Å²) < 4.78 is 7.21. The smallest absolute Gasteiger partial charge is 0.410 e. The molecule has 12 nitrogen and oxygen atoms in total. The second kappa shape index (κ2) is 10.3. The van der Waals surface area contributed by atoms with Gasteiger partial charge in [-0.3, -0.25) is 24.1 Å². The van der Waals surface area contributed by atoms with Gasteiger partial charge in [-0.25, -0.2) is 15.1 Å². The minimum Gasteiger partial charge on any atom is -0.444 e. The molecule has 0 spiro atoms. The Morgan fingerprint density at radius 1 is 1.13 bits per heavy atom. The van der Waals surface area contributed by atoms with Crippen LogP contribution in [0.15, 0.2) is 36.5 Å². The fourth-order valence-corrected chi connectivity index (χ4v) is 5.04. The minimum atomic E-state index is -0.678. The van der Waals surface area contributed by atoms with Crippen molar-refractivity contribution >= 4 is 18.0 Å².